The molecule has 0 N–H and O–H groups in total. The largest absolute Gasteiger partial charge is 0.454 e. The van der Waals surface area contributed by atoms with E-state index in [4.69, 9.17) is 10.00 Å². The smallest absolute Gasteiger partial charge is 0.420 e. The molecule has 0 aliphatic carbocycles. The number of nitriles is 1. The van der Waals surface area contributed by atoms with Crippen molar-refractivity contribution >= 4 is 34.8 Å². The van der Waals surface area contributed by atoms with Crippen LogP contribution in [0.15, 0.2) is 46.3 Å². The van der Waals surface area contributed by atoms with Crippen molar-refractivity contribution in [2.45, 2.75) is 6.18 Å². The summed E-state index contributed by atoms with van der Waals surface area (Å²) >= 11 is 1.06. The zero-order valence-electron chi connectivity index (χ0n) is 18.1. The third kappa shape index (κ3) is 5.30. The summed E-state index contributed by atoms with van der Waals surface area (Å²) in [5.74, 6) is -2.69. The maximum absolute atomic E-state index is 14.7. The van der Waals surface area contributed by atoms with Crippen LogP contribution in [-0.4, -0.2) is 53.5 Å². The third-order valence-corrected chi connectivity index (χ3v) is 6.27. The molecule has 0 bridgehead atoms. The van der Waals surface area contributed by atoms with Crippen LogP contribution in [0.25, 0.3) is 6.08 Å². The number of aliphatic imine (C=N–C) groups is 1. The first kappa shape index (κ1) is 24.3. The van der Waals surface area contributed by atoms with Crippen molar-refractivity contribution in [3.8, 4) is 17.6 Å². The predicted octanol–water partition coefficient (Wildman–Crippen LogP) is 4.25. The first-order chi connectivity index (χ1) is 16.5. The molecule has 0 spiro atoms. The van der Waals surface area contributed by atoms with E-state index in [9.17, 15) is 27.2 Å². The van der Waals surface area contributed by atoms with Crippen LogP contribution >= 0.6 is 11.8 Å². The van der Waals surface area contributed by atoms with Crippen LogP contribution in [-0.2, 0) is 15.8 Å². The molecule has 0 saturated carbocycles. The summed E-state index contributed by atoms with van der Waals surface area (Å²) in [7, 11) is 1.69. The van der Waals surface area contributed by atoms with E-state index >= 15 is 0 Å². The lowest BCUT2D eigenvalue weighted by molar-refractivity contribution is -0.138. The molecule has 35 heavy (non-hydrogen) atoms. The molecule has 12 heteroatoms. The molecule has 180 valence electrons. The van der Waals surface area contributed by atoms with E-state index in [1.165, 1.54) is 12.1 Å². The highest BCUT2D eigenvalue weighted by atomic mass is 32.2. The molecular formula is C23H16F4N4O3S. The molecule has 2 aliphatic heterocycles. The number of ether oxygens (including phenoxy) is 1. The lowest BCUT2D eigenvalue weighted by Gasteiger charge is -2.32. The molecule has 0 radical (unpaired) electrons. The zero-order chi connectivity index (χ0) is 25.3. The third-order valence-electron chi connectivity index (χ3n) is 5.22. The van der Waals surface area contributed by atoms with Crippen molar-refractivity contribution in [2.24, 2.45) is 4.99 Å². The molecule has 2 aliphatic rings. The number of hydrogen-bond acceptors (Lipinski definition) is 6. The quantitative estimate of drug-likeness (QED) is 0.459. The number of piperazine rings is 1. The number of rotatable bonds is 3. The van der Waals surface area contributed by atoms with E-state index < -0.39 is 35.0 Å². The van der Waals surface area contributed by atoms with Crippen molar-refractivity contribution in [3.63, 3.8) is 0 Å². The first-order valence-corrected chi connectivity index (χ1v) is 11.0. The molecular weight excluding hydrogens is 488 g/mol. The predicted molar refractivity (Wildman–Crippen MR) is 120 cm³/mol. The minimum atomic E-state index is -4.81. The number of carbonyl (C=O) groups excluding carboxylic acids is 2. The molecule has 7 nitrogen and oxygen atoms in total. The van der Waals surface area contributed by atoms with Crippen LogP contribution in [0.5, 0.6) is 11.5 Å². The molecule has 1 saturated heterocycles. The Morgan fingerprint density at radius 3 is 2.54 bits per heavy atom. The minimum absolute atomic E-state index is 0.0960. The zero-order valence-corrected chi connectivity index (χ0v) is 18.9. The number of likely N-dealkylation sites (N-methyl/N-ethyl adjacent to an activating group) is 1. The highest BCUT2D eigenvalue weighted by Gasteiger charge is 2.35. The number of amidine groups is 1. The van der Waals surface area contributed by atoms with Gasteiger partial charge in [-0.25, -0.2) is 4.39 Å². The molecule has 2 heterocycles. The summed E-state index contributed by atoms with van der Waals surface area (Å²) in [6, 6.07) is 7.87. The first-order valence-electron chi connectivity index (χ1n) is 10.2. The van der Waals surface area contributed by atoms with E-state index in [1.54, 1.807) is 22.9 Å². The Labute approximate surface area is 201 Å². The number of carbonyl (C=O) groups is 2. The number of benzene rings is 2. The van der Waals surface area contributed by atoms with Gasteiger partial charge in [0.15, 0.2) is 16.7 Å². The van der Waals surface area contributed by atoms with Gasteiger partial charge in [-0.05, 0) is 53.7 Å². The summed E-state index contributed by atoms with van der Waals surface area (Å²) in [4.78, 5) is 31.7. The van der Waals surface area contributed by atoms with Crippen LogP contribution in [0.3, 0.4) is 0 Å². The van der Waals surface area contributed by atoms with E-state index in [1.807, 2.05) is 0 Å². The van der Waals surface area contributed by atoms with Gasteiger partial charge >= 0.3 is 6.18 Å². The Kier molecular flexibility index (Phi) is 6.53. The molecule has 1 fully saturated rings. The SMILES string of the molecule is CN1CCN(C2=NC(=O)C(=Cc3ccc(Oc4ccc(C#N)cc4C(F)(F)F)c(F)c3)S2)CC1=O. The van der Waals surface area contributed by atoms with Crippen LogP contribution in [0.1, 0.15) is 16.7 Å². The van der Waals surface area contributed by atoms with Gasteiger partial charge in [0.2, 0.25) is 5.91 Å². The molecule has 0 atom stereocenters. The summed E-state index contributed by atoms with van der Waals surface area (Å²) in [6.07, 6.45) is -3.41. The second-order valence-electron chi connectivity index (χ2n) is 7.66. The highest BCUT2D eigenvalue weighted by Crippen LogP contribution is 2.39. The Morgan fingerprint density at radius 1 is 1.14 bits per heavy atom. The van der Waals surface area contributed by atoms with Gasteiger partial charge in [0.05, 0.1) is 28.6 Å². The van der Waals surface area contributed by atoms with E-state index in [0.717, 1.165) is 36.0 Å². The standard InChI is InChI=1S/C23H16F4N4O3S/c1-30-6-7-31(12-20(30)32)22-29-21(33)19(35-22)10-13-2-5-18(16(24)9-13)34-17-4-3-14(11-28)8-15(17)23(25,26)27/h2-5,8-10H,6-7,12H2,1H3. The lowest BCUT2D eigenvalue weighted by atomic mass is 10.1. The fourth-order valence-corrected chi connectivity index (χ4v) is 4.26. The monoisotopic (exact) mass is 504 g/mol. The van der Waals surface area contributed by atoms with Crippen molar-refractivity contribution in [1.29, 1.82) is 5.26 Å². The molecule has 2 aromatic rings. The van der Waals surface area contributed by atoms with Crippen molar-refractivity contribution < 1.29 is 31.9 Å². The maximum Gasteiger partial charge on any atom is 0.420 e. The minimum Gasteiger partial charge on any atom is -0.454 e. The van der Waals surface area contributed by atoms with Crippen molar-refractivity contribution in [2.75, 3.05) is 26.7 Å². The molecule has 0 aromatic heterocycles. The van der Waals surface area contributed by atoms with Gasteiger partial charge in [0.1, 0.15) is 5.75 Å². The maximum atomic E-state index is 14.7. The van der Waals surface area contributed by atoms with Crippen molar-refractivity contribution in [1.82, 2.24) is 9.80 Å². The van der Waals surface area contributed by atoms with Crippen LogP contribution in [0.2, 0.25) is 0 Å². The van der Waals surface area contributed by atoms with E-state index in [0.29, 0.717) is 24.3 Å². The number of thioether (sulfide) groups is 1. The Balaban J connectivity index is 1.51. The van der Waals surface area contributed by atoms with E-state index in [2.05, 4.69) is 4.99 Å². The number of alkyl halides is 3. The van der Waals surface area contributed by atoms with Gasteiger partial charge in [-0.2, -0.15) is 23.4 Å². The number of amides is 2. The Bertz CT molecular complexity index is 1320. The van der Waals surface area contributed by atoms with Crippen LogP contribution in [0, 0.1) is 17.1 Å². The van der Waals surface area contributed by atoms with E-state index in [-0.39, 0.29) is 28.5 Å². The fraction of sp³-hybridized carbons (Fsp3) is 0.217. The lowest BCUT2D eigenvalue weighted by Crippen LogP contribution is -2.49. The van der Waals surface area contributed by atoms with Gasteiger partial charge in [-0.3, -0.25) is 9.59 Å². The summed E-state index contributed by atoms with van der Waals surface area (Å²) in [6.45, 7) is 1.11. The number of halogens is 4. The average molecular weight is 504 g/mol. The number of hydrogen-bond donors (Lipinski definition) is 0. The molecule has 4 rings (SSSR count). The second-order valence-corrected chi connectivity index (χ2v) is 8.67. The Morgan fingerprint density at radius 2 is 1.89 bits per heavy atom. The summed E-state index contributed by atoms with van der Waals surface area (Å²) < 4.78 is 59.9. The van der Waals surface area contributed by atoms with Gasteiger partial charge in [-0.1, -0.05) is 6.07 Å². The van der Waals surface area contributed by atoms with Crippen molar-refractivity contribution in [3.05, 3.63) is 63.8 Å². The number of nitrogens with zero attached hydrogens (tertiary/aromatic N) is 4. The van der Waals surface area contributed by atoms with Gasteiger partial charge < -0.3 is 14.5 Å². The van der Waals surface area contributed by atoms with Gasteiger partial charge in [-0.15, -0.1) is 0 Å². The van der Waals surface area contributed by atoms with Crippen LogP contribution < -0.4 is 4.74 Å². The molecule has 2 aromatic carbocycles. The average Bonchev–Trinajstić information content (AvgIpc) is 3.17. The van der Waals surface area contributed by atoms with Crippen LogP contribution in [0.4, 0.5) is 17.6 Å². The summed E-state index contributed by atoms with van der Waals surface area (Å²) in [5.41, 5.74) is -1.15. The topological polar surface area (TPSA) is 86.0 Å². The fourth-order valence-electron chi connectivity index (χ4n) is 3.32. The van der Waals surface area contributed by atoms with Gasteiger partial charge in [0.25, 0.3) is 5.91 Å². The normalized spacial score (nSPS) is 17.6. The molecule has 2 amide bonds. The summed E-state index contributed by atoms with van der Waals surface area (Å²) in [5, 5.41) is 9.23. The Hall–Kier alpha value is -3.85. The van der Waals surface area contributed by atoms with Gasteiger partial charge in [0, 0.05) is 20.1 Å². The highest BCUT2D eigenvalue weighted by molar-refractivity contribution is 8.18. The molecule has 0 unspecified atom stereocenters. The second kappa shape index (κ2) is 9.42.